The smallest absolute Gasteiger partial charge is 0.222 e. The number of piperidine rings is 2. The van der Waals surface area contributed by atoms with E-state index < -0.39 is 0 Å². The normalized spacial score (nSPS) is 20.1. The minimum Gasteiger partial charge on any atom is -0.338 e. The molecule has 0 aliphatic carbocycles. The van der Waals surface area contributed by atoms with Gasteiger partial charge in [0.25, 0.3) is 0 Å². The minimum atomic E-state index is 0.292. The molecular weight excluding hydrogens is 350 g/mol. The van der Waals surface area contributed by atoms with Crippen LogP contribution in [-0.2, 0) is 24.4 Å². The van der Waals surface area contributed by atoms with Crippen LogP contribution in [0.3, 0.4) is 0 Å². The van der Waals surface area contributed by atoms with Crippen molar-refractivity contribution in [3.63, 3.8) is 0 Å². The number of aromatic nitrogens is 3. The zero-order chi connectivity index (χ0) is 19.6. The molecule has 6 heteroatoms. The predicted octanol–water partition coefficient (Wildman–Crippen LogP) is 3.01. The Kier molecular flexibility index (Phi) is 5.49. The molecule has 2 aliphatic heterocycles. The number of hydrogen-bond acceptors (Lipinski definition) is 4. The zero-order valence-electron chi connectivity index (χ0n) is 17.1. The zero-order valence-corrected chi connectivity index (χ0v) is 17.1. The number of carbonyl (C=O) groups excluding carboxylic acids is 1. The van der Waals surface area contributed by atoms with Crippen molar-refractivity contribution in [3.05, 3.63) is 47.5 Å². The van der Waals surface area contributed by atoms with Gasteiger partial charge in [0.15, 0.2) is 0 Å². The van der Waals surface area contributed by atoms with Crippen LogP contribution in [0.5, 0.6) is 0 Å². The van der Waals surface area contributed by atoms with Crippen LogP contribution in [0.25, 0.3) is 0 Å². The molecule has 150 valence electrons. The summed E-state index contributed by atoms with van der Waals surface area (Å²) in [6.45, 7) is 9.96. The van der Waals surface area contributed by atoms with Gasteiger partial charge in [-0.2, -0.15) is 5.10 Å². The van der Waals surface area contributed by atoms with Crippen LogP contribution < -0.4 is 0 Å². The van der Waals surface area contributed by atoms with Gasteiger partial charge in [-0.3, -0.25) is 19.4 Å². The Labute approximate surface area is 167 Å². The van der Waals surface area contributed by atoms with Gasteiger partial charge in [0.1, 0.15) is 0 Å². The van der Waals surface area contributed by atoms with E-state index in [1.807, 2.05) is 16.8 Å². The van der Waals surface area contributed by atoms with Crippen molar-refractivity contribution in [1.29, 1.82) is 0 Å². The van der Waals surface area contributed by atoms with E-state index in [0.717, 1.165) is 44.8 Å². The molecule has 0 bridgehead atoms. The van der Waals surface area contributed by atoms with Gasteiger partial charge in [-0.25, -0.2) is 0 Å². The molecule has 4 rings (SSSR count). The Hall–Kier alpha value is -2.21. The molecule has 2 aromatic heterocycles. The summed E-state index contributed by atoms with van der Waals surface area (Å²) in [5.74, 6) is 0.299. The highest BCUT2D eigenvalue weighted by Gasteiger charge is 2.40. The van der Waals surface area contributed by atoms with Crippen LogP contribution in [0, 0.1) is 12.3 Å². The maximum atomic E-state index is 12.5. The number of rotatable bonds is 5. The fourth-order valence-electron chi connectivity index (χ4n) is 4.67. The van der Waals surface area contributed by atoms with Gasteiger partial charge in [0.05, 0.1) is 5.69 Å². The molecule has 2 aromatic rings. The number of nitrogens with zero attached hydrogens (tertiary/aromatic N) is 5. The Morgan fingerprint density at radius 1 is 1.11 bits per heavy atom. The van der Waals surface area contributed by atoms with E-state index in [-0.39, 0.29) is 0 Å². The summed E-state index contributed by atoms with van der Waals surface area (Å²) in [6.07, 6.45) is 9.88. The third kappa shape index (κ3) is 4.12. The van der Waals surface area contributed by atoms with E-state index in [4.69, 9.17) is 0 Å². The summed E-state index contributed by atoms with van der Waals surface area (Å²) < 4.78 is 2.03. The summed E-state index contributed by atoms with van der Waals surface area (Å²) >= 11 is 0. The second-order valence-corrected chi connectivity index (χ2v) is 8.48. The third-order valence-corrected chi connectivity index (χ3v) is 6.55. The average molecular weight is 382 g/mol. The Morgan fingerprint density at radius 2 is 1.86 bits per heavy atom. The number of aryl methyl sites for hydroxylation is 2. The third-order valence-electron chi connectivity index (χ3n) is 6.55. The molecule has 28 heavy (non-hydrogen) atoms. The number of pyridine rings is 1. The molecule has 6 nitrogen and oxygen atoms in total. The Balaban J connectivity index is 1.36. The standard InChI is InChI=1S/C22H31N5O/c1-3-27-16-20(18(2)24-27)15-25-12-8-22(9-13-25)7-4-21(28)26(17-22)14-19-5-10-23-11-6-19/h5-6,10-11,16H,3-4,7-9,12-15,17H2,1-2H3. The van der Waals surface area contributed by atoms with Gasteiger partial charge in [-0.1, -0.05) is 0 Å². The molecule has 1 amide bonds. The van der Waals surface area contributed by atoms with Crippen LogP contribution in [0.15, 0.2) is 30.7 Å². The monoisotopic (exact) mass is 381 g/mol. The molecule has 0 unspecified atom stereocenters. The average Bonchev–Trinajstić information content (AvgIpc) is 3.07. The van der Waals surface area contributed by atoms with Crippen molar-refractivity contribution in [1.82, 2.24) is 24.6 Å². The molecule has 0 N–H and O–H groups in total. The van der Waals surface area contributed by atoms with Gasteiger partial charge in [-0.05, 0) is 69.3 Å². The lowest BCUT2D eigenvalue weighted by Crippen LogP contribution is -2.51. The second-order valence-electron chi connectivity index (χ2n) is 8.48. The van der Waals surface area contributed by atoms with Crippen molar-refractivity contribution in [3.8, 4) is 0 Å². The first kappa shape index (κ1) is 19.1. The van der Waals surface area contributed by atoms with E-state index in [1.165, 1.54) is 24.0 Å². The van der Waals surface area contributed by atoms with Gasteiger partial charge < -0.3 is 4.90 Å². The molecular formula is C22H31N5O. The van der Waals surface area contributed by atoms with Crippen molar-refractivity contribution in [2.45, 2.75) is 59.2 Å². The molecule has 2 saturated heterocycles. The lowest BCUT2D eigenvalue weighted by molar-refractivity contribution is -0.140. The van der Waals surface area contributed by atoms with Crippen LogP contribution in [0.1, 0.15) is 49.4 Å². The first-order valence-electron chi connectivity index (χ1n) is 10.5. The summed E-state index contributed by atoms with van der Waals surface area (Å²) in [7, 11) is 0. The Morgan fingerprint density at radius 3 is 2.54 bits per heavy atom. The maximum absolute atomic E-state index is 12.5. The van der Waals surface area contributed by atoms with Gasteiger partial charge in [-0.15, -0.1) is 0 Å². The fraction of sp³-hybridized carbons (Fsp3) is 0.591. The van der Waals surface area contributed by atoms with Crippen LogP contribution in [0.4, 0.5) is 0 Å². The summed E-state index contributed by atoms with van der Waals surface area (Å²) in [6, 6.07) is 4.02. The highest BCUT2D eigenvalue weighted by Crippen LogP contribution is 2.40. The first-order valence-corrected chi connectivity index (χ1v) is 10.5. The van der Waals surface area contributed by atoms with Crippen molar-refractivity contribution in [2.75, 3.05) is 19.6 Å². The number of carbonyl (C=O) groups is 1. The molecule has 4 heterocycles. The largest absolute Gasteiger partial charge is 0.338 e. The number of amides is 1. The highest BCUT2D eigenvalue weighted by atomic mass is 16.2. The van der Waals surface area contributed by atoms with Crippen molar-refractivity contribution >= 4 is 5.91 Å². The first-order chi connectivity index (χ1) is 13.6. The lowest BCUT2D eigenvalue weighted by Gasteiger charge is -2.47. The second kappa shape index (κ2) is 8.03. The highest BCUT2D eigenvalue weighted by molar-refractivity contribution is 5.77. The Bertz CT molecular complexity index is 808. The van der Waals surface area contributed by atoms with E-state index in [1.54, 1.807) is 12.4 Å². The van der Waals surface area contributed by atoms with E-state index in [2.05, 4.69) is 39.9 Å². The van der Waals surface area contributed by atoms with Gasteiger partial charge in [0, 0.05) is 56.8 Å². The van der Waals surface area contributed by atoms with E-state index in [0.29, 0.717) is 24.3 Å². The molecule has 0 saturated carbocycles. The topological polar surface area (TPSA) is 54.3 Å². The molecule has 0 aromatic carbocycles. The van der Waals surface area contributed by atoms with Crippen LogP contribution >= 0.6 is 0 Å². The molecule has 2 fully saturated rings. The summed E-state index contributed by atoms with van der Waals surface area (Å²) in [5.41, 5.74) is 3.95. The maximum Gasteiger partial charge on any atom is 0.222 e. The number of hydrogen-bond donors (Lipinski definition) is 0. The quantitative estimate of drug-likeness (QED) is 0.799. The van der Waals surface area contributed by atoms with Crippen LogP contribution in [-0.4, -0.2) is 50.1 Å². The lowest BCUT2D eigenvalue weighted by atomic mass is 9.72. The van der Waals surface area contributed by atoms with Crippen molar-refractivity contribution in [2.24, 2.45) is 5.41 Å². The predicted molar refractivity (Wildman–Crippen MR) is 108 cm³/mol. The molecule has 0 atom stereocenters. The van der Waals surface area contributed by atoms with Gasteiger partial charge >= 0.3 is 0 Å². The van der Waals surface area contributed by atoms with Gasteiger partial charge in [0.2, 0.25) is 5.91 Å². The minimum absolute atomic E-state index is 0.292. The van der Waals surface area contributed by atoms with Crippen molar-refractivity contribution < 1.29 is 4.79 Å². The van der Waals surface area contributed by atoms with Crippen LogP contribution in [0.2, 0.25) is 0 Å². The molecule has 2 aliphatic rings. The van der Waals surface area contributed by atoms with E-state index in [9.17, 15) is 4.79 Å². The summed E-state index contributed by atoms with van der Waals surface area (Å²) in [4.78, 5) is 21.2. The SMILES string of the molecule is CCn1cc(CN2CCC3(CCC(=O)N(Cc4ccncc4)C3)CC2)c(C)n1. The van der Waals surface area contributed by atoms with E-state index >= 15 is 0 Å². The summed E-state index contributed by atoms with van der Waals surface area (Å²) in [5, 5.41) is 4.58. The number of likely N-dealkylation sites (tertiary alicyclic amines) is 2. The fourth-order valence-corrected chi connectivity index (χ4v) is 4.67. The molecule has 0 radical (unpaired) electrons. The molecule has 1 spiro atoms.